The van der Waals surface area contributed by atoms with E-state index in [-0.39, 0.29) is 17.4 Å². The van der Waals surface area contributed by atoms with Gasteiger partial charge in [0.1, 0.15) is 17.4 Å². The average molecular weight is 326 g/mol. The number of nitriles is 1. The Morgan fingerprint density at radius 1 is 1.42 bits per heavy atom. The molecule has 0 amide bonds. The highest BCUT2D eigenvalue weighted by atomic mass is 16.5. The second-order valence-corrected chi connectivity index (χ2v) is 5.90. The quantitative estimate of drug-likeness (QED) is 0.881. The average Bonchev–Trinajstić information content (AvgIpc) is 3.21. The molecule has 24 heavy (non-hydrogen) atoms. The first-order valence-corrected chi connectivity index (χ1v) is 7.87. The summed E-state index contributed by atoms with van der Waals surface area (Å²) >= 11 is 0. The monoisotopic (exact) mass is 326 g/mol. The van der Waals surface area contributed by atoms with Crippen molar-refractivity contribution in [3.8, 4) is 17.5 Å². The zero-order valence-electron chi connectivity index (χ0n) is 13.1. The van der Waals surface area contributed by atoms with Crippen LogP contribution in [-0.2, 0) is 11.2 Å². The highest BCUT2D eigenvalue weighted by molar-refractivity contribution is 5.91. The Kier molecular flexibility index (Phi) is 4.54. The number of ether oxygens (including phenoxy) is 1. The minimum Gasteiger partial charge on any atom is -0.507 e. The number of hydrogen-bond acceptors (Lipinski definition) is 4. The minimum atomic E-state index is -1.18. The maximum atomic E-state index is 11.0. The van der Waals surface area contributed by atoms with Gasteiger partial charge in [0.2, 0.25) is 0 Å². The van der Waals surface area contributed by atoms with E-state index in [0.717, 1.165) is 37.9 Å². The number of aromatic nitrogens is 1. The first-order chi connectivity index (χ1) is 11.6. The lowest BCUT2D eigenvalue weighted by molar-refractivity contribution is 0.0693. The van der Waals surface area contributed by atoms with Crippen LogP contribution >= 0.6 is 0 Å². The molecule has 0 spiro atoms. The van der Waals surface area contributed by atoms with E-state index in [2.05, 4.69) is 6.07 Å². The lowest BCUT2D eigenvalue weighted by Gasteiger charge is -2.08. The summed E-state index contributed by atoms with van der Waals surface area (Å²) in [4.78, 5) is 11.0. The number of rotatable bonds is 5. The van der Waals surface area contributed by atoms with Crippen LogP contribution in [-0.4, -0.2) is 33.5 Å². The van der Waals surface area contributed by atoms with Crippen molar-refractivity contribution in [1.82, 2.24) is 4.57 Å². The molecule has 6 nitrogen and oxygen atoms in total. The van der Waals surface area contributed by atoms with Crippen molar-refractivity contribution < 1.29 is 19.7 Å². The molecular weight excluding hydrogens is 308 g/mol. The molecule has 1 aliphatic heterocycles. The molecule has 3 rings (SSSR count). The van der Waals surface area contributed by atoms with Crippen LogP contribution in [0.4, 0.5) is 0 Å². The van der Waals surface area contributed by atoms with Crippen LogP contribution in [0.1, 0.15) is 40.7 Å². The van der Waals surface area contributed by atoms with Gasteiger partial charge >= 0.3 is 5.97 Å². The largest absolute Gasteiger partial charge is 0.507 e. The standard InChI is InChI=1S/C18H18N2O4/c19-9-13-11-20(10-12(13)3-5-15-2-1-7-24-15)14-4-6-16(18(22)23)17(21)8-14/h4,6,8,10-11,15,21H,1-3,5,7H2,(H,22,23). The zero-order valence-corrected chi connectivity index (χ0v) is 13.1. The van der Waals surface area contributed by atoms with E-state index in [0.29, 0.717) is 11.3 Å². The number of carbonyl (C=O) groups is 1. The Balaban J connectivity index is 1.82. The van der Waals surface area contributed by atoms with Gasteiger partial charge in [-0.1, -0.05) is 0 Å². The second-order valence-electron chi connectivity index (χ2n) is 5.90. The van der Waals surface area contributed by atoms with Crippen LogP contribution in [0.25, 0.3) is 5.69 Å². The van der Waals surface area contributed by atoms with Crippen molar-refractivity contribution in [3.05, 3.63) is 47.3 Å². The van der Waals surface area contributed by atoms with Crippen LogP contribution in [0, 0.1) is 11.3 Å². The minimum absolute atomic E-state index is 0.148. The van der Waals surface area contributed by atoms with Crippen molar-refractivity contribution in [1.29, 1.82) is 5.26 Å². The van der Waals surface area contributed by atoms with Crippen molar-refractivity contribution >= 4 is 5.97 Å². The van der Waals surface area contributed by atoms with E-state index in [1.165, 1.54) is 12.1 Å². The molecule has 0 aliphatic carbocycles. The lowest BCUT2D eigenvalue weighted by atomic mass is 10.1. The van der Waals surface area contributed by atoms with Gasteiger partial charge in [-0.2, -0.15) is 5.26 Å². The number of aromatic hydroxyl groups is 1. The summed E-state index contributed by atoms with van der Waals surface area (Å²) in [7, 11) is 0. The molecule has 1 unspecified atom stereocenters. The fraction of sp³-hybridized carbons (Fsp3) is 0.333. The Bertz CT molecular complexity index is 798. The predicted molar refractivity (Wildman–Crippen MR) is 86.4 cm³/mol. The summed E-state index contributed by atoms with van der Waals surface area (Å²) in [6, 6.07) is 6.53. The normalized spacial score (nSPS) is 16.9. The van der Waals surface area contributed by atoms with Gasteiger partial charge < -0.3 is 19.5 Å². The van der Waals surface area contributed by atoms with E-state index >= 15 is 0 Å². The molecule has 2 aromatic rings. The molecule has 1 saturated heterocycles. The zero-order chi connectivity index (χ0) is 17.1. The third kappa shape index (κ3) is 3.26. The fourth-order valence-corrected chi connectivity index (χ4v) is 3.00. The number of nitrogens with zero attached hydrogens (tertiary/aromatic N) is 2. The second kappa shape index (κ2) is 6.77. The number of carboxylic acid groups (broad SMARTS) is 1. The molecule has 2 heterocycles. The molecular formula is C18H18N2O4. The summed E-state index contributed by atoms with van der Waals surface area (Å²) in [6.07, 6.45) is 7.59. The first kappa shape index (κ1) is 16.1. The number of phenols is 1. The summed E-state index contributed by atoms with van der Waals surface area (Å²) in [5.74, 6) is -1.48. The maximum absolute atomic E-state index is 11.0. The van der Waals surface area contributed by atoms with Gasteiger partial charge in [0, 0.05) is 30.8 Å². The van der Waals surface area contributed by atoms with Crippen LogP contribution in [0.2, 0.25) is 0 Å². The summed E-state index contributed by atoms with van der Waals surface area (Å²) in [6.45, 7) is 0.811. The highest BCUT2D eigenvalue weighted by Gasteiger charge is 2.17. The first-order valence-electron chi connectivity index (χ1n) is 7.87. The van der Waals surface area contributed by atoms with E-state index in [9.17, 15) is 15.2 Å². The predicted octanol–water partition coefficient (Wildman–Crippen LogP) is 2.86. The van der Waals surface area contributed by atoms with Gasteiger partial charge in [-0.05, 0) is 43.4 Å². The van der Waals surface area contributed by atoms with Crippen LogP contribution in [0.5, 0.6) is 5.75 Å². The molecule has 1 fully saturated rings. The molecule has 1 aromatic heterocycles. The summed E-state index contributed by atoms with van der Waals surface area (Å²) < 4.78 is 7.34. The molecule has 124 valence electrons. The van der Waals surface area contributed by atoms with Crippen molar-refractivity contribution in [2.75, 3.05) is 6.61 Å². The number of hydrogen-bond donors (Lipinski definition) is 2. The van der Waals surface area contributed by atoms with Gasteiger partial charge in [-0.15, -0.1) is 0 Å². The third-order valence-electron chi connectivity index (χ3n) is 4.30. The molecule has 2 N–H and O–H groups in total. The van der Waals surface area contributed by atoms with Gasteiger partial charge in [-0.3, -0.25) is 0 Å². The van der Waals surface area contributed by atoms with E-state index in [1.54, 1.807) is 16.8 Å². The van der Waals surface area contributed by atoms with Crippen molar-refractivity contribution in [2.24, 2.45) is 0 Å². The van der Waals surface area contributed by atoms with Crippen LogP contribution in [0.3, 0.4) is 0 Å². The molecule has 1 aromatic carbocycles. The van der Waals surface area contributed by atoms with Crippen molar-refractivity contribution in [3.63, 3.8) is 0 Å². The van der Waals surface area contributed by atoms with Crippen molar-refractivity contribution in [2.45, 2.75) is 31.8 Å². The summed E-state index contributed by atoms with van der Waals surface area (Å²) in [5.41, 5.74) is 1.96. The molecule has 0 radical (unpaired) electrons. The van der Waals surface area contributed by atoms with Gasteiger partial charge in [-0.25, -0.2) is 4.79 Å². The number of aromatic carboxylic acids is 1. The maximum Gasteiger partial charge on any atom is 0.339 e. The fourth-order valence-electron chi connectivity index (χ4n) is 3.00. The number of benzene rings is 1. The molecule has 1 aliphatic rings. The van der Waals surface area contributed by atoms with Crippen LogP contribution < -0.4 is 0 Å². The van der Waals surface area contributed by atoms with E-state index < -0.39 is 5.97 Å². The number of carboxylic acids is 1. The Labute approximate surface area is 139 Å². The Morgan fingerprint density at radius 2 is 2.25 bits per heavy atom. The van der Waals surface area contributed by atoms with E-state index in [1.807, 2.05) is 6.20 Å². The Morgan fingerprint density at radius 3 is 2.88 bits per heavy atom. The SMILES string of the molecule is N#Cc1cn(-c2ccc(C(=O)O)c(O)c2)cc1CCC1CCCO1. The molecule has 0 bridgehead atoms. The third-order valence-corrected chi connectivity index (χ3v) is 4.30. The Hall–Kier alpha value is -2.78. The topological polar surface area (TPSA) is 95.5 Å². The molecule has 6 heteroatoms. The lowest BCUT2D eigenvalue weighted by Crippen LogP contribution is -2.06. The molecule has 0 saturated carbocycles. The van der Waals surface area contributed by atoms with Gasteiger partial charge in [0.05, 0.1) is 11.7 Å². The number of aryl methyl sites for hydroxylation is 1. The van der Waals surface area contributed by atoms with Crippen LogP contribution in [0.15, 0.2) is 30.6 Å². The smallest absolute Gasteiger partial charge is 0.339 e. The highest BCUT2D eigenvalue weighted by Crippen LogP contribution is 2.25. The van der Waals surface area contributed by atoms with Gasteiger partial charge in [0.15, 0.2) is 0 Å². The van der Waals surface area contributed by atoms with Gasteiger partial charge in [0.25, 0.3) is 0 Å². The molecule has 1 atom stereocenters. The summed E-state index contributed by atoms with van der Waals surface area (Å²) in [5, 5.41) is 28.1. The van der Waals surface area contributed by atoms with E-state index in [4.69, 9.17) is 9.84 Å².